The highest BCUT2D eigenvalue weighted by atomic mass is 16.7. The van der Waals surface area contributed by atoms with Crippen LogP contribution in [-0.2, 0) is 0 Å². The fourth-order valence-electron chi connectivity index (χ4n) is 1.77. The second-order valence-corrected chi connectivity index (χ2v) is 3.95. The normalized spacial score (nSPS) is 12.5. The Kier molecular flexibility index (Phi) is 2.44. The molecule has 0 atom stereocenters. The van der Waals surface area contributed by atoms with Crippen molar-refractivity contribution in [3.05, 3.63) is 41.9 Å². The summed E-state index contributed by atoms with van der Waals surface area (Å²) in [6.07, 6.45) is 1.49. The number of amides is 1. The van der Waals surface area contributed by atoms with Crippen molar-refractivity contribution in [3.63, 3.8) is 0 Å². The maximum Gasteiger partial charge on any atom is 0.291 e. The van der Waals surface area contributed by atoms with Crippen molar-refractivity contribution in [1.29, 1.82) is 0 Å². The van der Waals surface area contributed by atoms with E-state index >= 15 is 0 Å². The number of carbonyl (C=O) groups is 1. The van der Waals surface area contributed by atoms with E-state index in [-0.39, 0.29) is 12.7 Å². The highest BCUT2D eigenvalue weighted by Crippen LogP contribution is 2.34. The third-order valence-corrected chi connectivity index (χ3v) is 2.70. The van der Waals surface area contributed by atoms with E-state index < -0.39 is 0 Å². The van der Waals surface area contributed by atoms with Crippen LogP contribution in [0.1, 0.15) is 16.1 Å². The van der Waals surface area contributed by atoms with Crippen molar-refractivity contribution < 1.29 is 18.7 Å². The zero-order valence-corrected chi connectivity index (χ0v) is 9.73. The SMILES string of the molecule is Cc1ccoc1C(=O)Nc1ccc2c(c1)OCO2. The van der Waals surface area contributed by atoms with Gasteiger partial charge in [-0.1, -0.05) is 0 Å². The molecule has 1 aliphatic rings. The van der Waals surface area contributed by atoms with Gasteiger partial charge in [-0.3, -0.25) is 4.79 Å². The van der Waals surface area contributed by atoms with Crippen LogP contribution in [0.25, 0.3) is 0 Å². The zero-order chi connectivity index (χ0) is 12.5. The van der Waals surface area contributed by atoms with Gasteiger partial charge in [-0.2, -0.15) is 0 Å². The maximum absolute atomic E-state index is 11.9. The molecule has 2 heterocycles. The van der Waals surface area contributed by atoms with Crippen molar-refractivity contribution in [2.24, 2.45) is 0 Å². The number of carbonyl (C=O) groups excluding carboxylic acids is 1. The van der Waals surface area contributed by atoms with Gasteiger partial charge in [-0.05, 0) is 25.1 Å². The van der Waals surface area contributed by atoms with Crippen molar-refractivity contribution >= 4 is 11.6 Å². The van der Waals surface area contributed by atoms with E-state index in [9.17, 15) is 4.79 Å². The topological polar surface area (TPSA) is 60.7 Å². The summed E-state index contributed by atoms with van der Waals surface area (Å²) in [4.78, 5) is 11.9. The summed E-state index contributed by atoms with van der Waals surface area (Å²) in [6, 6.07) is 6.98. The largest absolute Gasteiger partial charge is 0.459 e. The Balaban J connectivity index is 1.81. The van der Waals surface area contributed by atoms with Gasteiger partial charge in [0.25, 0.3) is 5.91 Å². The van der Waals surface area contributed by atoms with Gasteiger partial charge in [0, 0.05) is 17.3 Å². The summed E-state index contributed by atoms with van der Waals surface area (Å²) in [6.45, 7) is 2.03. The lowest BCUT2D eigenvalue weighted by Crippen LogP contribution is -2.11. The first kappa shape index (κ1) is 10.7. The van der Waals surface area contributed by atoms with Gasteiger partial charge in [-0.15, -0.1) is 0 Å². The van der Waals surface area contributed by atoms with Crippen LogP contribution in [0.3, 0.4) is 0 Å². The number of furan rings is 1. The maximum atomic E-state index is 11.9. The van der Waals surface area contributed by atoms with Gasteiger partial charge in [0.2, 0.25) is 6.79 Å². The molecule has 1 amide bonds. The number of rotatable bonds is 2. The molecule has 1 aromatic heterocycles. The third kappa shape index (κ3) is 1.79. The summed E-state index contributed by atoms with van der Waals surface area (Å²) in [5, 5.41) is 2.75. The van der Waals surface area contributed by atoms with Crippen LogP contribution in [0.15, 0.2) is 34.9 Å². The highest BCUT2D eigenvalue weighted by Gasteiger charge is 2.16. The van der Waals surface area contributed by atoms with E-state index in [1.807, 2.05) is 6.92 Å². The second kappa shape index (κ2) is 4.10. The summed E-state index contributed by atoms with van der Waals surface area (Å²) >= 11 is 0. The highest BCUT2D eigenvalue weighted by molar-refractivity contribution is 6.03. The molecule has 0 unspecified atom stereocenters. The molecule has 5 nitrogen and oxygen atoms in total. The van der Waals surface area contributed by atoms with Gasteiger partial charge in [0.1, 0.15) is 0 Å². The van der Waals surface area contributed by atoms with E-state index in [2.05, 4.69) is 5.32 Å². The van der Waals surface area contributed by atoms with Crippen LogP contribution in [0.5, 0.6) is 11.5 Å². The number of fused-ring (bicyclic) bond motifs is 1. The van der Waals surface area contributed by atoms with Crippen LogP contribution in [-0.4, -0.2) is 12.7 Å². The Morgan fingerprint density at radius 2 is 2.06 bits per heavy atom. The Morgan fingerprint density at radius 1 is 1.22 bits per heavy atom. The standard InChI is InChI=1S/C13H11NO4/c1-8-4-5-16-12(8)13(15)14-9-2-3-10-11(6-9)18-7-17-10/h2-6H,7H2,1H3,(H,14,15). The average molecular weight is 245 g/mol. The lowest BCUT2D eigenvalue weighted by atomic mass is 10.2. The number of aryl methyl sites for hydroxylation is 1. The molecule has 3 rings (SSSR count). The minimum Gasteiger partial charge on any atom is -0.459 e. The fourth-order valence-corrected chi connectivity index (χ4v) is 1.77. The number of hydrogen-bond donors (Lipinski definition) is 1. The van der Waals surface area contributed by atoms with E-state index in [1.54, 1.807) is 24.3 Å². The van der Waals surface area contributed by atoms with E-state index in [4.69, 9.17) is 13.9 Å². The molecule has 5 heteroatoms. The van der Waals surface area contributed by atoms with Crippen LogP contribution in [0.2, 0.25) is 0 Å². The molecule has 1 aliphatic heterocycles. The molecule has 0 aliphatic carbocycles. The van der Waals surface area contributed by atoms with Gasteiger partial charge < -0.3 is 19.2 Å². The number of hydrogen-bond acceptors (Lipinski definition) is 4. The molecule has 1 N–H and O–H groups in total. The Hall–Kier alpha value is -2.43. The van der Waals surface area contributed by atoms with Crippen LogP contribution in [0, 0.1) is 6.92 Å². The minimum absolute atomic E-state index is 0.212. The van der Waals surface area contributed by atoms with Crippen LogP contribution >= 0.6 is 0 Å². The quantitative estimate of drug-likeness (QED) is 0.883. The lowest BCUT2D eigenvalue weighted by molar-refractivity contribution is 0.0996. The summed E-state index contributed by atoms with van der Waals surface area (Å²) in [7, 11) is 0. The minimum atomic E-state index is -0.281. The molecular weight excluding hydrogens is 234 g/mol. The lowest BCUT2D eigenvalue weighted by Gasteiger charge is -2.04. The number of benzene rings is 1. The predicted octanol–water partition coefficient (Wildman–Crippen LogP) is 2.57. The van der Waals surface area contributed by atoms with Gasteiger partial charge in [-0.25, -0.2) is 0 Å². The van der Waals surface area contributed by atoms with E-state index in [1.165, 1.54) is 6.26 Å². The van der Waals surface area contributed by atoms with Crippen molar-refractivity contribution in [1.82, 2.24) is 0 Å². The van der Waals surface area contributed by atoms with Crippen molar-refractivity contribution in [3.8, 4) is 11.5 Å². The first-order chi connectivity index (χ1) is 8.74. The zero-order valence-electron chi connectivity index (χ0n) is 9.73. The molecule has 1 aromatic carbocycles. The molecule has 18 heavy (non-hydrogen) atoms. The summed E-state index contributed by atoms with van der Waals surface area (Å²) in [5.74, 6) is 1.34. The summed E-state index contributed by atoms with van der Waals surface area (Å²) < 4.78 is 15.6. The summed E-state index contributed by atoms with van der Waals surface area (Å²) in [5.41, 5.74) is 1.44. The number of ether oxygens (including phenoxy) is 2. The predicted molar refractivity (Wildman–Crippen MR) is 64.0 cm³/mol. The number of anilines is 1. The molecule has 0 saturated heterocycles. The molecule has 0 radical (unpaired) electrons. The van der Waals surface area contributed by atoms with Gasteiger partial charge in [0.05, 0.1) is 6.26 Å². The fraction of sp³-hybridized carbons (Fsp3) is 0.154. The number of nitrogens with one attached hydrogen (secondary N) is 1. The van der Waals surface area contributed by atoms with E-state index in [0.717, 1.165) is 5.56 Å². The Labute approximate surface area is 103 Å². The molecule has 0 bridgehead atoms. The first-order valence-electron chi connectivity index (χ1n) is 5.49. The second-order valence-electron chi connectivity index (χ2n) is 3.95. The molecule has 0 fully saturated rings. The van der Waals surface area contributed by atoms with E-state index in [0.29, 0.717) is 22.9 Å². The molecule has 92 valence electrons. The monoisotopic (exact) mass is 245 g/mol. The van der Waals surface area contributed by atoms with Gasteiger partial charge in [0.15, 0.2) is 17.3 Å². The Bertz CT molecular complexity index is 603. The Morgan fingerprint density at radius 3 is 2.83 bits per heavy atom. The van der Waals surface area contributed by atoms with Crippen LogP contribution < -0.4 is 14.8 Å². The van der Waals surface area contributed by atoms with Gasteiger partial charge >= 0.3 is 0 Å². The third-order valence-electron chi connectivity index (χ3n) is 2.70. The average Bonchev–Trinajstić information content (AvgIpc) is 2.96. The van der Waals surface area contributed by atoms with Crippen molar-refractivity contribution in [2.45, 2.75) is 6.92 Å². The smallest absolute Gasteiger partial charge is 0.291 e. The van der Waals surface area contributed by atoms with Crippen molar-refractivity contribution in [2.75, 3.05) is 12.1 Å². The van der Waals surface area contributed by atoms with Crippen LogP contribution in [0.4, 0.5) is 5.69 Å². The first-order valence-corrected chi connectivity index (χ1v) is 5.49. The molecule has 0 saturated carbocycles. The molecule has 2 aromatic rings. The molecule has 0 spiro atoms. The molecular formula is C13H11NO4.